The lowest BCUT2D eigenvalue weighted by Crippen LogP contribution is -2.63. The fourth-order valence-corrected chi connectivity index (χ4v) is 3.89. The zero-order valence-electron chi connectivity index (χ0n) is 19.6. The van der Waals surface area contributed by atoms with Crippen molar-refractivity contribution in [3.8, 4) is 0 Å². The van der Waals surface area contributed by atoms with Crippen LogP contribution in [0.1, 0.15) is 32.3 Å². The second kappa shape index (κ2) is 12.5. The average molecular weight is 471 g/mol. The van der Waals surface area contributed by atoms with E-state index >= 15 is 4.48 Å². The first-order chi connectivity index (χ1) is 16.5. The predicted octanol–water partition coefficient (Wildman–Crippen LogP) is 2.19. The zero-order valence-corrected chi connectivity index (χ0v) is 19.6. The van der Waals surface area contributed by atoms with Crippen LogP contribution in [0, 0.1) is 5.92 Å². The minimum atomic E-state index is -1.62. The third-order valence-corrected chi connectivity index (χ3v) is 5.69. The molecule has 1 aromatic carbocycles. The van der Waals surface area contributed by atoms with Gasteiger partial charge in [-0.1, -0.05) is 44.2 Å². The zero-order chi connectivity index (χ0) is 24.4. The van der Waals surface area contributed by atoms with Crippen molar-refractivity contribution in [1.82, 2.24) is 20.3 Å². The molecular formula is C23H31BFN5O4. The summed E-state index contributed by atoms with van der Waals surface area (Å²) < 4.78 is 26.7. The van der Waals surface area contributed by atoms with E-state index in [1.807, 2.05) is 44.2 Å². The molecule has 1 atom stereocenters. The van der Waals surface area contributed by atoms with E-state index in [2.05, 4.69) is 15.3 Å². The van der Waals surface area contributed by atoms with Crippen molar-refractivity contribution in [2.24, 2.45) is 5.92 Å². The van der Waals surface area contributed by atoms with Crippen molar-refractivity contribution in [2.45, 2.75) is 38.6 Å². The van der Waals surface area contributed by atoms with Gasteiger partial charge in [0, 0.05) is 45.1 Å². The topological polar surface area (TPSA) is 96.9 Å². The number of carbonyl (C=O) groups is 2. The van der Waals surface area contributed by atoms with Gasteiger partial charge in [-0.2, -0.15) is 5.03 Å². The monoisotopic (exact) mass is 471 g/mol. The second-order valence-electron chi connectivity index (χ2n) is 8.58. The van der Waals surface area contributed by atoms with Crippen LogP contribution in [0.4, 0.5) is 10.3 Å². The third kappa shape index (κ3) is 6.37. The summed E-state index contributed by atoms with van der Waals surface area (Å²) in [6, 6.07) is 9.21. The van der Waals surface area contributed by atoms with Gasteiger partial charge in [-0.15, -0.1) is 4.48 Å². The van der Waals surface area contributed by atoms with Gasteiger partial charge >= 0.3 is 7.25 Å². The molecule has 34 heavy (non-hydrogen) atoms. The van der Waals surface area contributed by atoms with E-state index in [4.69, 9.17) is 9.31 Å². The minimum absolute atomic E-state index is 0.0263. The molecule has 182 valence electrons. The molecule has 0 unspecified atom stereocenters. The SMILES string of the molecule is CC(C)CC[C@](Cc1ccccc1)(C(=O)N(F)B1OCCNCCO1)N(C=O)c1cnccn1. The molecule has 0 bridgehead atoms. The number of benzene rings is 1. The van der Waals surface area contributed by atoms with E-state index < -0.39 is 18.7 Å². The maximum Gasteiger partial charge on any atom is 0.626 e. The smallest absolute Gasteiger partial charge is 0.389 e. The Hall–Kier alpha value is -2.89. The molecule has 1 aliphatic heterocycles. The minimum Gasteiger partial charge on any atom is -0.389 e. The Bertz CT molecular complexity index is 903. The summed E-state index contributed by atoms with van der Waals surface area (Å²) in [6.07, 6.45) is 5.62. The quantitative estimate of drug-likeness (QED) is 0.322. The molecule has 0 radical (unpaired) electrons. The van der Waals surface area contributed by atoms with Crippen LogP contribution in [-0.2, 0) is 25.3 Å². The maximum absolute atomic E-state index is 15.8. The molecule has 3 rings (SSSR count). The maximum atomic E-state index is 15.8. The molecule has 11 heteroatoms. The number of carbonyl (C=O) groups excluding carboxylic acids is 2. The number of hydrogen-bond donors (Lipinski definition) is 1. The van der Waals surface area contributed by atoms with Crippen LogP contribution in [0.5, 0.6) is 0 Å². The number of nitrogens with one attached hydrogen (secondary N) is 1. The standard InChI is InChI=1S/C23H31BFN5O4/c1-19(2)8-9-23(16-20-6-4-3-5-7-20,29(18-31)21-17-27-10-11-28-21)22(32)30(25)24-33-14-12-26-13-15-34-24/h3-7,10-11,17-19,26H,8-9,12-16H2,1-2H3/t23-/m0/s1. The Labute approximate surface area is 199 Å². The first kappa shape index (κ1) is 25.7. The lowest BCUT2D eigenvalue weighted by Gasteiger charge is -2.42. The van der Waals surface area contributed by atoms with Gasteiger partial charge in [0.2, 0.25) is 6.41 Å². The van der Waals surface area contributed by atoms with Crippen molar-refractivity contribution in [3.05, 3.63) is 54.5 Å². The van der Waals surface area contributed by atoms with Gasteiger partial charge in [0.1, 0.15) is 5.54 Å². The number of amides is 2. The van der Waals surface area contributed by atoms with Crippen molar-refractivity contribution in [2.75, 3.05) is 31.2 Å². The van der Waals surface area contributed by atoms with Crippen LogP contribution in [0.2, 0.25) is 0 Å². The third-order valence-electron chi connectivity index (χ3n) is 5.69. The van der Waals surface area contributed by atoms with E-state index in [0.29, 0.717) is 25.9 Å². The largest absolute Gasteiger partial charge is 0.626 e. The Kier molecular flexibility index (Phi) is 9.49. The lowest BCUT2D eigenvalue weighted by atomic mass is 9.80. The van der Waals surface area contributed by atoms with E-state index in [1.54, 1.807) is 0 Å². The Morgan fingerprint density at radius 3 is 2.53 bits per heavy atom. The molecule has 2 aromatic rings. The van der Waals surface area contributed by atoms with E-state index in [-0.39, 0.29) is 42.8 Å². The first-order valence-corrected chi connectivity index (χ1v) is 11.5. The van der Waals surface area contributed by atoms with Gasteiger partial charge in [-0.25, -0.2) is 4.98 Å². The summed E-state index contributed by atoms with van der Waals surface area (Å²) in [5.74, 6) is -0.581. The fourth-order valence-electron chi connectivity index (χ4n) is 3.89. The molecule has 0 aliphatic carbocycles. The van der Waals surface area contributed by atoms with Crippen molar-refractivity contribution in [1.29, 1.82) is 0 Å². The summed E-state index contributed by atoms with van der Waals surface area (Å²) in [4.78, 5) is 35.9. The highest BCUT2D eigenvalue weighted by atomic mass is 19.2. The van der Waals surface area contributed by atoms with E-state index in [1.165, 1.54) is 23.5 Å². The van der Waals surface area contributed by atoms with Gasteiger partial charge in [0.15, 0.2) is 5.82 Å². The highest BCUT2D eigenvalue weighted by Crippen LogP contribution is 2.33. The van der Waals surface area contributed by atoms with Gasteiger partial charge in [-0.05, 0) is 24.3 Å². The molecule has 1 N–H and O–H groups in total. The summed E-state index contributed by atoms with van der Waals surface area (Å²) in [5, 5.41) is 3.05. The highest BCUT2D eigenvalue weighted by Gasteiger charge is 2.51. The summed E-state index contributed by atoms with van der Waals surface area (Å²) in [5.41, 5.74) is -0.849. The molecular weight excluding hydrogens is 440 g/mol. The average Bonchev–Trinajstić information content (AvgIpc) is 2.83. The Balaban J connectivity index is 2.07. The van der Waals surface area contributed by atoms with Gasteiger partial charge in [-0.3, -0.25) is 19.5 Å². The van der Waals surface area contributed by atoms with E-state index in [9.17, 15) is 9.59 Å². The molecule has 0 spiro atoms. The summed E-state index contributed by atoms with van der Waals surface area (Å²) in [6.45, 7) is 5.35. The van der Waals surface area contributed by atoms with Crippen molar-refractivity contribution < 1.29 is 23.4 Å². The van der Waals surface area contributed by atoms with E-state index in [0.717, 1.165) is 5.56 Å². The fraction of sp³-hybridized carbons (Fsp3) is 0.478. The van der Waals surface area contributed by atoms with Crippen molar-refractivity contribution >= 4 is 25.4 Å². The van der Waals surface area contributed by atoms with Crippen LogP contribution in [0.25, 0.3) is 0 Å². The van der Waals surface area contributed by atoms with Crippen LogP contribution in [0.15, 0.2) is 48.9 Å². The van der Waals surface area contributed by atoms with Crippen LogP contribution < -0.4 is 10.2 Å². The lowest BCUT2D eigenvalue weighted by molar-refractivity contribution is -0.148. The number of halogens is 1. The number of rotatable bonds is 10. The van der Waals surface area contributed by atoms with Crippen LogP contribution in [0.3, 0.4) is 0 Å². The van der Waals surface area contributed by atoms with Gasteiger partial charge < -0.3 is 14.6 Å². The molecule has 1 aromatic heterocycles. The number of nitrogens with zero attached hydrogens (tertiary/aromatic N) is 4. The molecule has 1 fully saturated rings. The number of aromatic nitrogens is 2. The number of anilines is 1. The first-order valence-electron chi connectivity index (χ1n) is 11.5. The molecule has 2 heterocycles. The van der Waals surface area contributed by atoms with Gasteiger partial charge in [0.05, 0.1) is 6.20 Å². The molecule has 9 nitrogen and oxygen atoms in total. The molecule has 1 saturated heterocycles. The van der Waals surface area contributed by atoms with Gasteiger partial charge in [0.25, 0.3) is 5.91 Å². The predicted molar refractivity (Wildman–Crippen MR) is 126 cm³/mol. The molecule has 2 amide bonds. The van der Waals surface area contributed by atoms with Crippen LogP contribution >= 0.6 is 0 Å². The normalized spacial score (nSPS) is 16.3. The Morgan fingerprint density at radius 1 is 1.24 bits per heavy atom. The molecule has 1 aliphatic rings. The highest BCUT2D eigenvalue weighted by molar-refractivity contribution is 6.45. The number of hydrogen-bond acceptors (Lipinski definition) is 7. The van der Waals surface area contributed by atoms with Crippen molar-refractivity contribution in [3.63, 3.8) is 0 Å². The summed E-state index contributed by atoms with van der Waals surface area (Å²) >= 11 is 0. The molecule has 0 saturated carbocycles. The Morgan fingerprint density at radius 2 is 1.94 bits per heavy atom. The summed E-state index contributed by atoms with van der Waals surface area (Å²) in [7, 11) is -1.51. The van der Waals surface area contributed by atoms with Crippen LogP contribution in [-0.4, -0.2) is 66.4 Å². The second-order valence-corrected chi connectivity index (χ2v) is 8.58.